The zero-order chi connectivity index (χ0) is 17.7. The minimum atomic E-state index is 0.264. The molecule has 0 heterocycles. The van der Waals surface area contributed by atoms with Gasteiger partial charge in [0, 0.05) is 13.0 Å². The van der Waals surface area contributed by atoms with E-state index in [1.807, 2.05) is 0 Å². The Morgan fingerprint density at radius 1 is 0.542 bits per heavy atom. The molecule has 1 N–H and O–H groups in total. The van der Waals surface area contributed by atoms with Gasteiger partial charge >= 0.3 is 0 Å². The second-order valence-corrected chi connectivity index (χ2v) is 7.40. The summed E-state index contributed by atoms with van der Waals surface area (Å²) in [6, 6.07) is 0. The maximum atomic E-state index is 11.7. The van der Waals surface area contributed by atoms with Crippen LogP contribution in [0.4, 0.5) is 0 Å². The molecule has 1 amide bonds. The molecule has 0 aliphatic heterocycles. The third-order valence-corrected chi connectivity index (χ3v) is 4.86. The van der Waals surface area contributed by atoms with Crippen LogP contribution in [-0.2, 0) is 4.79 Å². The summed E-state index contributed by atoms with van der Waals surface area (Å²) in [5.41, 5.74) is 0. The molecule has 0 aromatic heterocycles. The van der Waals surface area contributed by atoms with Crippen molar-refractivity contribution in [1.29, 1.82) is 0 Å². The van der Waals surface area contributed by atoms with E-state index in [9.17, 15) is 4.79 Å². The zero-order valence-corrected chi connectivity index (χ0v) is 16.8. The lowest BCUT2D eigenvalue weighted by atomic mass is 10.1. The molecule has 24 heavy (non-hydrogen) atoms. The minimum absolute atomic E-state index is 0.264. The third kappa shape index (κ3) is 19.5. The van der Waals surface area contributed by atoms with E-state index in [4.69, 9.17) is 0 Å². The Kier molecular flexibility index (Phi) is 20.1. The fourth-order valence-corrected chi connectivity index (χ4v) is 3.17. The van der Waals surface area contributed by atoms with Crippen molar-refractivity contribution in [1.82, 2.24) is 5.32 Å². The highest BCUT2D eigenvalue weighted by atomic mass is 16.1. The minimum Gasteiger partial charge on any atom is -0.356 e. The van der Waals surface area contributed by atoms with E-state index >= 15 is 0 Å². The highest BCUT2D eigenvalue weighted by molar-refractivity contribution is 5.75. The topological polar surface area (TPSA) is 29.1 Å². The lowest BCUT2D eigenvalue weighted by molar-refractivity contribution is -0.121. The van der Waals surface area contributed by atoms with Crippen LogP contribution >= 0.6 is 0 Å². The van der Waals surface area contributed by atoms with Crippen LogP contribution in [-0.4, -0.2) is 12.5 Å². The first-order valence-electron chi connectivity index (χ1n) is 11.1. The van der Waals surface area contributed by atoms with Crippen molar-refractivity contribution in [2.24, 2.45) is 0 Å². The van der Waals surface area contributed by atoms with Gasteiger partial charge in [0.2, 0.25) is 5.91 Å². The van der Waals surface area contributed by atoms with Crippen LogP contribution in [0.5, 0.6) is 0 Å². The Morgan fingerprint density at radius 2 is 0.917 bits per heavy atom. The molecule has 0 aliphatic carbocycles. The van der Waals surface area contributed by atoms with Crippen LogP contribution in [0.3, 0.4) is 0 Å². The van der Waals surface area contributed by atoms with Crippen molar-refractivity contribution in [3.63, 3.8) is 0 Å². The first kappa shape index (κ1) is 23.5. The van der Waals surface area contributed by atoms with Crippen molar-refractivity contribution in [3.05, 3.63) is 0 Å². The predicted molar refractivity (Wildman–Crippen MR) is 107 cm³/mol. The van der Waals surface area contributed by atoms with Crippen LogP contribution in [0, 0.1) is 0 Å². The standard InChI is InChI=1S/C22H45NO/c1-3-5-7-9-11-12-13-14-16-18-20-22(24)23-21-19-17-15-10-8-6-4-2/h3-21H2,1-2H3,(H,23,24). The summed E-state index contributed by atoms with van der Waals surface area (Å²) in [5.74, 6) is 0.264. The van der Waals surface area contributed by atoms with Gasteiger partial charge in [-0.1, -0.05) is 110 Å². The van der Waals surface area contributed by atoms with Crippen LogP contribution in [0.25, 0.3) is 0 Å². The van der Waals surface area contributed by atoms with E-state index in [2.05, 4.69) is 19.2 Å². The average molecular weight is 340 g/mol. The highest BCUT2D eigenvalue weighted by Gasteiger charge is 2.00. The average Bonchev–Trinajstić information content (AvgIpc) is 2.59. The van der Waals surface area contributed by atoms with E-state index in [1.165, 1.54) is 96.3 Å². The molecule has 2 nitrogen and oxygen atoms in total. The summed E-state index contributed by atoms with van der Waals surface area (Å²) in [5, 5.41) is 3.08. The lowest BCUT2D eigenvalue weighted by Crippen LogP contribution is -2.23. The monoisotopic (exact) mass is 339 g/mol. The Hall–Kier alpha value is -0.530. The number of unbranched alkanes of at least 4 members (excludes halogenated alkanes) is 15. The maximum absolute atomic E-state index is 11.7. The van der Waals surface area contributed by atoms with Crippen molar-refractivity contribution >= 4 is 5.91 Å². The van der Waals surface area contributed by atoms with Crippen LogP contribution in [0.2, 0.25) is 0 Å². The summed E-state index contributed by atoms with van der Waals surface area (Å²) < 4.78 is 0. The van der Waals surface area contributed by atoms with Gasteiger partial charge in [-0.05, 0) is 12.8 Å². The number of rotatable bonds is 19. The van der Waals surface area contributed by atoms with Gasteiger partial charge in [-0.15, -0.1) is 0 Å². The van der Waals surface area contributed by atoms with Gasteiger partial charge in [0.25, 0.3) is 0 Å². The van der Waals surface area contributed by atoms with Crippen LogP contribution < -0.4 is 5.32 Å². The molecular weight excluding hydrogens is 294 g/mol. The van der Waals surface area contributed by atoms with Gasteiger partial charge < -0.3 is 5.32 Å². The Balaban J connectivity index is 3.13. The van der Waals surface area contributed by atoms with E-state index in [1.54, 1.807) is 0 Å². The molecule has 0 atom stereocenters. The normalized spacial score (nSPS) is 10.9. The van der Waals surface area contributed by atoms with Gasteiger partial charge in [-0.25, -0.2) is 0 Å². The molecule has 0 spiro atoms. The van der Waals surface area contributed by atoms with E-state index in [-0.39, 0.29) is 5.91 Å². The largest absolute Gasteiger partial charge is 0.356 e. The molecule has 0 bridgehead atoms. The Bertz CT molecular complexity index is 252. The molecule has 144 valence electrons. The molecule has 0 aliphatic rings. The summed E-state index contributed by atoms with van der Waals surface area (Å²) in [7, 11) is 0. The molecular formula is C22H45NO. The highest BCUT2D eigenvalue weighted by Crippen LogP contribution is 2.11. The zero-order valence-electron chi connectivity index (χ0n) is 16.8. The summed E-state index contributed by atoms with van der Waals surface area (Å²) in [6.07, 6.45) is 23.2. The van der Waals surface area contributed by atoms with Gasteiger partial charge in [-0.2, -0.15) is 0 Å². The summed E-state index contributed by atoms with van der Waals surface area (Å²) in [6.45, 7) is 5.40. The molecule has 0 saturated carbocycles. The molecule has 0 unspecified atom stereocenters. The Labute approximate surface area is 152 Å². The maximum Gasteiger partial charge on any atom is 0.219 e. The van der Waals surface area contributed by atoms with Crippen molar-refractivity contribution in [2.75, 3.05) is 6.54 Å². The van der Waals surface area contributed by atoms with Crippen molar-refractivity contribution in [3.8, 4) is 0 Å². The first-order chi connectivity index (χ1) is 11.8. The first-order valence-corrected chi connectivity index (χ1v) is 11.1. The quantitative estimate of drug-likeness (QED) is 0.248. The molecule has 0 fully saturated rings. The molecule has 2 heteroatoms. The van der Waals surface area contributed by atoms with Crippen molar-refractivity contribution in [2.45, 2.75) is 129 Å². The van der Waals surface area contributed by atoms with Crippen LogP contribution in [0.1, 0.15) is 129 Å². The molecule has 0 radical (unpaired) electrons. The molecule has 0 aromatic rings. The third-order valence-electron chi connectivity index (χ3n) is 4.86. The fraction of sp³-hybridized carbons (Fsp3) is 0.955. The number of amides is 1. The van der Waals surface area contributed by atoms with E-state index in [0.717, 1.165) is 25.8 Å². The second-order valence-electron chi connectivity index (χ2n) is 7.40. The predicted octanol–water partition coefficient (Wildman–Crippen LogP) is 7.16. The van der Waals surface area contributed by atoms with Crippen LogP contribution in [0.15, 0.2) is 0 Å². The molecule has 0 aromatic carbocycles. The number of nitrogens with one attached hydrogen (secondary N) is 1. The molecule has 0 saturated heterocycles. The number of hydrogen-bond acceptors (Lipinski definition) is 1. The number of carbonyl (C=O) groups is 1. The Morgan fingerprint density at radius 3 is 1.38 bits per heavy atom. The summed E-state index contributed by atoms with van der Waals surface area (Å²) in [4.78, 5) is 11.7. The van der Waals surface area contributed by atoms with Gasteiger partial charge in [0.15, 0.2) is 0 Å². The lowest BCUT2D eigenvalue weighted by Gasteiger charge is -2.05. The van der Waals surface area contributed by atoms with Gasteiger partial charge in [-0.3, -0.25) is 4.79 Å². The van der Waals surface area contributed by atoms with Gasteiger partial charge in [0.05, 0.1) is 0 Å². The molecule has 0 rings (SSSR count). The fourth-order valence-electron chi connectivity index (χ4n) is 3.17. The SMILES string of the molecule is CCCCCCCCCCCCC(=O)NCCCCCCCCC. The summed E-state index contributed by atoms with van der Waals surface area (Å²) >= 11 is 0. The second kappa shape index (κ2) is 20.5. The van der Waals surface area contributed by atoms with E-state index in [0.29, 0.717) is 0 Å². The van der Waals surface area contributed by atoms with Gasteiger partial charge in [0.1, 0.15) is 0 Å². The smallest absolute Gasteiger partial charge is 0.219 e. The number of hydrogen-bond donors (Lipinski definition) is 1. The van der Waals surface area contributed by atoms with E-state index < -0.39 is 0 Å². The number of carbonyl (C=O) groups excluding carboxylic acids is 1. The van der Waals surface area contributed by atoms with Crippen molar-refractivity contribution < 1.29 is 4.79 Å².